The van der Waals surface area contributed by atoms with Gasteiger partial charge >= 0.3 is 14.9 Å². The van der Waals surface area contributed by atoms with Crippen molar-refractivity contribution in [2.24, 2.45) is 0 Å². The minimum absolute atomic E-state index is 0.165. The normalized spacial score (nSPS) is 17.8. The highest BCUT2D eigenvalue weighted by molar-refractivity contribution is 6.56. The molecule has 0 aromatic heterocycles. The molecule has 0 atom stereocenters. The summed E-state index contributed by atoms with van der Waals surface area (Å²) in [6.07, 6.45) is 0.295. The van der Waals surface area contributed by atoms with E-state index in [-0.39, 0.29) is 12.1 Å². The molecule has 0 radical (unpaired) electrons. The van der Waals surface area contributed by atoms with Crippen LogP contribution in [0.3, 0.4) is 0 Å². The summed E-state index contributed by atoms with van der Waals surface area (Å²) in [5.41, 5.74) is 0. The smallest absolute Gasteiger partial charge is 0.387 e. The predicted molar refractivity (Wildman–Crippen MR) is 45.7 cm³/mol. The molecule has 0 aliphatic carbocycles. The summed E-state index contributed by atoms with van der Waals surface area (Å²) in [5, 5.41) is 2.60. The number of carbonyl (C=O) groups excluding carboxylic acids is 1. The van der Waals surface area contributed by atoms with Crippen molar-refractivity contribution in [3.8, 4) is 0 Å². The lowest BCUT2D eigenvalue weighted by molar-refractivity contribution is 0.215. The molecule has 3 N–H and O–H groups in total. The number of carbonyl (C=O) groups is 1. The highest BCUT2D eigenvalue weighted by Crippen LogP contribution is 2.08. The molecule has 0 saturated carbocycles. The second-order valence-corrected chi connectivity index (χ2v) is 4.98. The van der Waals surface area contributed by atoms with Crippen LogP contribution in [0.15, 0.2) is 0 Å². The standard InChI is InChI=1S/C6H13FN2O3Si/c7-13(11,12)5-1-3-9-4-2-8-6(9)10/h11-12H,1-5H2,(H,8,10). The topological polar surface area (TPSA) is 72.8 Å². The first-order valence-corrected chi connectivity index (χ1v) is 6.13. The monoisotopic (exact) mass is 208 g/mol. The Bertz CT molecular complexity index is 197. The zero-order chi connectivity index (χ0) is 9.90. The summed E-state index contributed by atoms with van der Waals surface area (Å²) >= 11 is 0. The first-order valence-electron chi connectivity index (χ1n) is 4.15. The molecule has 1 heterocycles. The Kier molecular flexibility index (Phi) is 3.23. The summed E-state index contributed by atoms with van der Waals surface area (Å²) in [7, 11) is -4.41. The van der Waals surface area contributed by atoms with Gasteiger partial charge in [-0.05, 0) is 6.42 Å². The van der Waals surface area contributed by atoms with E-state index in [4.69, 9.17) is 9.59 Å². The lowest BCUT2D eigenvalue weighted by Gasteiger charge is -2.14. The summed E-state index contributed by atoms with van der Waals surface area (Å²) in [5.74, 6) is 0. The van der Waals surface area contributed by atoms with Gasteiger partial charge in [-0.2, -0.15) is 0 Å². The van der Waals surface area contributed by atoms with Gasteiger partial charge in [-0.3, -0.25) is 0 Å². The van der Waals surface area contributed by atoms with Gasteiger partial charge in [0, 0.05) is 25.7 Å². The van der Waals surface area contributed by atoms with E-state index in [2.05, 4.69) is 5.32 Å². The first-order chi connectivity index (χ1) is 5.99. The van der Waals surface area contributed by atoms with E-state index in [0.717, 1.165) is 0 Å². The minimum atomic E-state index is -4.41. The fraction of sp³-hybridized carbons (Fsp3) is 0.833. The fourth-order valence-corrected chi connectivity index (χ4v) is 1.83. The van der Waals surface area contributed by atoms with E-state index in [9.17, 15) is 8.90 Å². The van der Waals surface area contributed by atoms with Crippen LogP contribution in [-0.4, -0.2) is 49.1 Å². The Labute approximate surface area is 76.6 Å². The van der Waals surface area contributed by atoms with E-state index in [1.54, 1.807) is 0 Å². The van der Waals surface area contributed by atoms with E-state index in [0.29, 0.717) is 26.1 Å². The molecule has 7 heteroatoms. The van der Waals surface area contributed by atoms with Gasteiger partial charge in [-0.15, -0.1) is 0 Å². The van der Waals surface area contributed by atoms with Crippen molar-refractivity contribution >= 4 is 14.9 Å². The van der Waals surface area contributed by atoms with Gasteiger partial charge in [0.1, 0.15) is 0 Å². The van der Waals surface area contributed by atoms with E-state index in [1.807, 2.05) is 0 Å². The van der Waals surface area contributed by atoms with Crippen molar-refractivity contribution < 1.29 is 18.5 Å². The molecular formula is C6H13FN2O3Si. The molecule has 0 spiro atoms. The molecule has 1 aliphatic rings. The Hall–Kier alpha value is -0.663. The van der Waals surface area contributed by atoms with Crippen LogP contribution < -0.4 is 5.32 Å². The highest BCUT2D eigenvalue weighted by atomic mass is 28.4. The van der Waals surface area contributed by atoms with E-state index in [1.165, 1.54) is 4.90 Å². The summed E-state index contributed by atoms with van der Waals surface area (Å²) < 4.78 is 12.3. The van der Waals surface area contributed by atoms with Gasteiger partial charge in [0.25, 0.3) is 0 Å². The van der Waals surface area contributed by atoms with Gasteiger partial charge < -0.3 is 19.8 Å². The maximum Gasteiger partial charge on any atom is 0.534 e. The molecule has 1 saturated heterocycles. The third-order valence-electron chi connectivity index (χ3n) is 1.87. The molecular weight excluding hydrogens is 195 g/mol. The average molecular weight is 208 g/mol. The van der Waals surface area contributed by atoms with Crippen LogP contribution in [0.4, 0.5) is 8.90 Å². The largest absolute Gasteiger partial charge is 0.534 e. The molecule has 5 nitrogen and oxygen atoms in total. The Balaban J connectivity index is 2.16. The second-order valence-electron chi connectivity index (χ2n) is 3.04. The fourth-order valence-electron chi connectivity index (χ4n) is 1.22. The lowest BCUT2D eigenvalue weighted by atomic mass is 10.4. The molecule has 76 valence electrons. The molecule has 1 aliphatic heterocycles. The van der Waals surface area contributed by atoms with E-state index < -0.39 is 8.89 Å². The minimum Gasteiger partial charge on any atom is -0.387 e. The number of amides is 2. The van der Waals surface area contributed by atoms with Crippen LogP contribution >= 0.6 is 0 Å². The SMILES string of the molecule is O=C1NCCN1CCC[Si](O)(O)F. The number of urea groups is 1. The van der Waals surface area contributed by atoms with Crippen LogP contribution in [-0.2, 0) is 0 Å². The van der Waals surface area contributed by atoms with Crippen molar-refractivity contribution in [3.63, 3.8) is 0 Å². The van der Waals surface area contributed by atoms with Crippen LogP contribution in [0.5, 0.6) is 0 Å². The molecule has 0 bridgehead atoms. The van der Waals surface area contributed by atoms with Crippen molar-refractivity contribution in [1.82, 2.24) is 10.2 Å². The van der Waals surface area contributed by atoms with Gasteiger partial charge in [-0.25, -0.2) is 8.90 Å². The average Bonchev–Trinajstić information content (AvgIpc) is 2.34. The number of hydrogen-bond acceptors (Lipinski definition) is 3. The molecule has 13 heavy (non-hydrogen) atoms. The second kappa shape index (κ2) is 4.03. The van der Waals surface area contributed by atoms with Crippen molar-refractivity contribution in [2.45, 2.75) is 12.5 Å². The van der Waals surface area contributed by atoms with Gasteiger partial charge in [0.2, 0.25) is 0 Å². The molecule has 2 amide bonds. The van der Waals surface area contributed by atoms with Crippen molar-refractivity contribution in [2.75, 3.05) is 19.6 Å². The predicted octanol–water partition coefficient (Wildman–Crippen LogP) is -0.705. The van der Waals surface area contributed by atoms with Crippen LogP contribution in [0.25, 0.3) is 0 Å². The summed E-state index contributed by atoms with van der Waals surface area (Å²) in [6, 6.07) is -0.404. The maximum atomic E-state index is 12.3. The Morgan fingerprint density at radius 2 is 2.31 bits per heavy atom. The summed E-state index contributed by atoms with van der Waals surface area (Å²) in [4.78, 5) is 29.4. The summed E-state index contributed by atoms with van der Waals surface area (Å²) in [6.45, 7) is 1.59. The van der Waals surface area contributed by atoms with Gasteiger partial charge in [0.05, 0.1) is 0 Å². The lowest BCUT2D eigenvalue weighted by Crippen LogP contribution is -2.32. The van der Waals surface area contributed by atoms with Crippen molar-refractivity contribution in [3.05, 3.63) is 0 Å². The molecule has 0 unspecified atom stereocenters. The van der Waals surface area contributed by atoms with Crippen molar-refractivity contribution in [1.29, 1.82) is 0 Å². The molecule has 0 aromatic rings. The van der Waals surface area contributed by atoms with E-state index >= 15 is 0 Å². The number of nitrogens with zero attached hydrogens (tertiary/aromatic N) is 1. The number of rotatable bonds is 4. The van der Waals surface area contributed by atoms with Crippen LogP contribution in [0.2, 0.25) is 6.04 Å². The highest BCUT2D eigenvalue weighted by Gasteiger charge is 2.30. The quantitative estimate of drug-likeness (QED) is 0.422. The Morgan fingerprint density at radius 1 is 1.62 bits per heavy atom. The van der Waals surface area contributed by atoms with Gasteiger partial charge in [0.15, 0.2) is 0 Å². The number of halogens is 1. The molecule has 0 aromatic carbocycles. The first kappa shape index (κ1) is 10.4. The number of hydrogen-bond donors (Lipinski definition) is 3. The maximum absolute atomic E-state index is 12.3. The molecule has 1 fully saturated rings. The number of nitrogens with one attached hydrogen (secondary N) is 1. The third kappa shape index (κ3) is 3.70. The van der Waals surface area contributed by atoms with Crippen LogP contribution in [0.1, 0.15) is 6.42 Å². The third-order valence-corrected chi connectivity index (χ3v) is 2.86. The molecule has 1 rings (SSSR count). The van der Waals surface area contributed by atoms with Gasteiger partial charge in [-0.1, -0.05) is 0 Å². The van der Waals surface area contributed by atoms with Crippen LogP contribution in [0, 0.1) is 0 Å². The zero-order valence-corrected chi connectivity index (χ0v) is 8.16. The zero-order valence-electron chi connectivity index (χ0n) is 7.16. The Morgan fingerprint density at radius 3 is 2.77 bits per heavy atom.